The lowest BCUT2D eigenvalue weighted by atomic mass is 9.33. The lowest BCUT2D eigenvalue weighted by Crippen LogP contribution is -2.61. The van der Waals surface area contributed by atoms with Gasteiger partial charge in [-0.25, -0.2) is 0 Å². The van der Waals surface area contributed by atoms with Crippen molar-refractivity contribution in [2.75, 3.05) is 9.80 Å². The van der Waals surface area contributed by atoms with Gasteiger partial charge in [0.2, 0.25) is 0 Å². The Labute approximate surface area is 356 Å². The van der Waals surface area contributed by atoms with Gasteiger partial charge in [-0.15, -0.1) is 0 Å². The first kappa shape index (κ1) is 35.9. The second-order valence-corrected chi connectivity index (χ2v) is 18.9. The molecule has 0 radical (unpaired) electrons. The van der Waals surface area contributed by atoms with Gasteiger partial charge < -0.3 is 18.6 Å². The van der Waals surface area contributed by atoms with Gasteiger partial charge in [0.05, 0.1) is 5.69 Å². The molecule has 4 heterocycles. The molecule has 10 aromatic rings. The van der Waals surface area contributed by atoms with Gasteiger partial charge >= 0.3 is 0 Å². The summed E-state index contributed by atoms with van der Waals surface area (Å²) in [5.74, 6) is 0. The molecule has 0 spiro atoms. The van der Waals surface area contributed by atoms with Gasteiger partial charge in [-0.2, -0.15) is 0 Å². The van der Waals surface area contributed by atoms with Gasteiger partial charge in [0.15, 0.2) is 5.58 Å². The van der Waals surface area contributed by atoms with Gasteiger partial charge in [-0.1, -0.05) is 151 Å². The Hall–Kier alpha value is -6.98. The Morgan fingerprint density at radius 1 is 0.410 bits per heavy atom. The normalized spacial score (nSPS) is 13.6. The zero-order valence-electron chi connectivity index (χ0n) is 35.4. The van der Waals surface area contributed by atoms with Crippen LogP contribution in [0.15, 0.2) is 173 Å². The average molecular weight is 789 g/mol. The van der Waals surface area contributed by atoms with Crippen LogP contribution in [0.5, 0.6) is 0 Å². The second-order valence-electron chi connectivity index (χ2n) is 18.9. The van der Waals surface area contributed by atoms with Crippen LogP contribution in [0.2, 0.25) is 0 Å². The summed E-state index contributed by atoms with van der Waals surface area (Å²) in [6, 6.07) is 60.0. The molecule has 61 heavy (non-hydrogen) atoms. The molecule has 2 aliphatic heterocycles. The van der Waals surface area contributed by atoms with E-state index in [9.17, 15) is 0 Å². The third kappa shape index (κ3) is 5.32. The van der Waals surface area contributed by atoms with Gasteiger partial charge in [0.25, 0.3) is 6.71 Å². The number of hydrogen-bond acceptors (Lipinski definition) is 4. The predicted molar refractivity (Wildman–Crippen MR) is 258 cm³/mol. The first-order valence-electron chi connectivity index (χ1n) is 21.5. The summed E-state index contributed by atoms with van der Waals surface area (Å²) in [5.41, 5.74) is 19.2. The molecule has 0 N–H and O–H groups in total. The highest BCUT2D eigenvalue weighted by Gasteiger charge is 2.44. The van der Waals surface area contributed by atoms with E-state index in [0.717, 1.165) is 66.4 Å². The van der Waals surface area contributed by atoms with Crippen molar-refractivity contribution in [2.24, 2.45) is 0 Å². The minimum absolute atomic E-state index is 0.0138. The molecular weight excluding hydrogens is 743 g/mol. The lowest BCUT2D eigenvalue weighted by molar-refractivity contribution is 0.590. The SMILES string of the molecule is CC(C)(C)c1ccc2c(c1)B1c3ccc(C(C)(C)C)cc3N(c3cccc4c3oc3ccccc34)c3cccc(c31)N2c1ccc(-c2cccc3c2oc2ccccc23)cc1. The predicted octanol–water partition coefficient (Wildman–Crippen LogP) is 13.8. The molecule has 0 saturated heterocycles. The molecule has 0 fully saturated rings. The van der Waals surface area contributed by atoms with Crippen LogP contribution < -0.4 is 26.2 Å². The van der Waals surface area contributed by atoms with Gasteiger partial charge in [0, 0.05) is 55.5 Å². The molecule has 12 rings (SSSR count). The zero-order valence-corrected chi connectivity index (χ0v) is 35.4. The number of nitrogens with zero attached hydrogens (tertiary/aromatic N) is 2. The Balaban J connectivity index is 1.10. The van der Waals surface area contributed by atoms with E-state index < -0.39 is 0 Å². The first-order valence-corrected chi connectivity index (χ1v) is 21.5. The number of rotatable bonds is 3. The maximum Gasteiger partial charge on any atom is 0.252 e. The van der Waals surface area contributed by atoms with E-state index in [1.807, 2.05) is 6.07 Å². The van der Waals surface area contributed by atoms with Crippen LogP contribution >= 0.6 is 0 Å². The number of anilines is 6. The van der Waals surface area contributed by atoms with Crippen molar-refractivity contribution in [3.05, 3.63) is 175 Å². The van der Waals surface area contributed by atoms with Crippen LogP contribution in [0.3, 0.4) is 0 Å². The van der Waals surface area contributed by atoms with E-state index in [-0.39, 0.29) is 17.5 Å². The van der Waals surface area contributed by atoms with E-state index in [2.05, 4.69) is 209 Å². The standard InChI is InChI=1S/C56H45BN2O2/c1-55(2,3)35-27-31-45-44(32-35)57-43-30-26-36(56(4,5)6)33-49(43)59(48-21-12-18-42-40-15-8-10-23-51(40)61-54(42)48)47-20-13-19-46(52(47)57)58(45)37-28-24-34(25-29-37)38-16-11-17-41-39-14-7-9-22-50(39)60-53(38)41/h7-33H,1-6H3. The largest absolute Gasteiger partial charge is 0.455 e. The highest BCUT2D eigenvalue weighted by atomic mass is 16.3. The summed E-state index contributed by atoms with van der Waals surface area (Å²) < 4.78 is 13.3. The second kappa shape index (κ2) is 12.8. The molecule has 0 saturated carbocycles. The fraction of sp³-hybridized carbons (Fsp3) is 0.143. The fourth-order valence-electron chi connectivity index (χ4n) is 10.1. The van der Waals surface area contributed by atoms with Crippen LogP contribution in [-0.2, 0) is 10.8 Å². The van der Waals surface area contributed by atoms with Gasteiger partial charge in [-0.05, 0) is 98.5 Å². The molecule has 2 aliphatic rings. The Bertz CT molecular complexity index is 3410. The van der Waals surface area contributed by atoms with Crippen molar-refractivity contribution >= 4 is 101 Å². The van der Waals surface area contributed by atoms with Crippen molar-refractivity contribution in [3.63, 3.8) is 0 Å². The maximum absolute atomic E-state index is 6.79. The number of para-hydroxylation sites is 4. The van der Waals surface area contributed by atoms with Crippen molar-refractivity contribution in [2.45, 2.75) is 52.4 Å². The first-order chi connectivity index (χ1) is 29.5. The highest BCUT2D eigenvalue weighted by Crippen LogP contribution is 2.48. The average Bonchev–Trinajstić information content (AvgIpc) is 3.84. The summed E-state index contributed by atoms with van der Waals surface area (Å²) in [6.45, 7) is 13.9. The summed E-state index contributed by atoms with van der Waals surface area (Å²) in [5, 5.41) is 4.52. The Morgan fingerprint density at radius 2 is 0.967 bits per heavy atom. The molecule has 0 atom stereocenters. The molecule has 0 unspecified atom stereocenters. The van der Waals surface area contributed by atoms with E-state index in [4.69, 9.17) is 8.83 Å². The van der Waals surface area contributed by atoms with Crippen molar-refractivity contribution in [3.8, 4) is 11.1 Å². The number of furan rings is 2. The highest BCUT2D eigenvalue weighted by molar-refractivity contribution is 7.00. The van der Waals surface area contributed by atoms with Crippen LogP contribution in [0.25, 0.3) is 55.0 Å². The summed E-state index contributed by atoms with van der Waals surface area (Å²) >= 11 is 0. The number of hydrogen-bond donors (Lipinski definition) is 0. The molecule has 2 aromatic heterocycles. The van der Waals surface area contributed by atoms with E-state index in [0.29, 0.717) is 0 Å². The topological polar surface area (TPSA) is 32.8 Å². The monoisotopic (exact) mass is 788 g/mol. The molecule has 4 nitrogen and oxygen atoms in total. The van der Waals surface area contributed by atoms with Crippen molar-refractivity contribution in [1.82, 2.24) is 0 Å². The minimum Gasteiger partial charge on any atom is -0.455 e. The Kier molecular flexibility index (Phi) is 7.52. The van der Waals surface area contributed by atoms with Gasteiger partial charge in [-0.3, -0.25) is 0 Å². The molecular formula is C56H45BN2O2. The van der Waals surface area contributed by atoms with Crippen molar-refractivity contribution < 1.29 is 8.83 Å². The van der Waals surface area contributed by atoms with E-state index in [1.165, 1.54) is 50.3 Å². The minimum atomic E-state index is -0.0447. The van der Waals surface area contributed by atoms with Gasteiger partial charge in [0.1, 0.15) is 16.7 Å². The number of fused-ring (bicyclic) bond motifs is 10. The van der Waals surface area contributed by atoms with Crippen LogP contribution in [0, 0.1) is 0 Å². The number of benzene rings is 8. The Morgan fingerprint density at radius 3 is 1.67 bits per heavy atom. The molecule has 0 amide bonds. The third-order valence-corrected chi connectivity index (χ3v) is 13.2. The van der Waals surface area contributed by atoms with Crippen LogP contribution in [-0.4, -0.2) is 6.71 Å². The lowest BCUT2D eigenvalue weighted by Gasteiger charge is -2.44. The molecule has 294 valence electrons. The zero-order chi connectivity index (χ0) is 41.4. The van der Waals surface area contributed by atoms with Crippen LogP contribution in [0.1, 0.15) is 52.7 Å². The third-order valence-electron chi connectivity index (χ3n) is 13.2. The summed E-state index contributed by atoms with van der Waals surface area (Å²) in [4.78, 5) is 4.97. The maximum atomic E-state index is 6.79. The quantitative estimate of drug-likeness (QED) is 0.167. The summed E-state index contributed by atoms with van der Waals surface area (Å²) in [7, 11) is 0. The van der Waals surface area contributed by atoms with E-state index in [1.54, 1.807) is 0 Å². The molecule has 0 aliphatic carbocycles. The smallest absolute Gasteiger partial charge is 0.252 e. The molecule has 0 bridgehead atoms. The van der Waals surface area contributed by atoms with Crippen LogP contribution in [0.4, 0.5) is 34.1 Å². The summed E-state index contributed by atoms with van der Waals surface area (Å²) in [6.07, 6.45) is 0. The molecule has 8 aromatic carbocycles. The van der Waals surface area contributed by atoms with E-state index >= 15 is 0 Å². The van der Waals surface area contributed by atoms with Crippen molar-refractivity contribution in [1.29, 1.82) is 0 Å². The fourth-order valence-corrected chi connectivity index (χ4v) is 10.1. The molecule has 5 heteroatoms.